The summed E-state index contributed by atoms with van der Waals surface area (Å²) in [4.78, 5) is 16.4. The van der Waals surface area contributed by atoms with Gasteiger partial charge in [0.25, 0.3) is 5.91 Å². The van der Waals surface area contributed by atoms with Crippen LogP contribution in [0.3, 0.4) is 0 Å². The third-order valence-electron chi connectivity index (χ3n) is 4.88. The Morgan fingerprint density at radius 1 is 1.11 bits per heavy atom. The molecule has 1 aromatic heterocycles. The minimum absolute atomic E-state index is 0.0470. The second kappa shape index (κ2) is 9.40. The van der Waals surface area contributed by atoms with E-state index in [9.17, 15) is 4.79 Å². The molecule has 1 saturated carbocycles. The summed E-state index contributed by atoms with van der Waals surface area (Å²) < 4.78 is 11.5. The highest BCUT2D eigenvalue weighted by molar-refractivity contribution is 5.77. The number of rotatable bonds is 7. The summed E-state index contributed by atoms with van der Waals surface area (Å²) in [5, 5.41) is 3.07. The first-order chi connectivity index (χ1) is 13.1. The van der Waals surface area contributed by atoms with E-state index >= 15 is 0 Å². The van der Waals surface area contributed by atoms with E-state index in [1.165, 1.54) is 5.56 Å². The van der Waals surface area contributed by atoms with Gasteiger partial charge < -0.3 is 14.8 Å². The van der Waals surface area contributed by atoms with Crippen molar-refractivity contribution in [3.63, 3.8) is 0 Å². The van der Waals surface area contributed by atoms with E-state index in [1.54, 1.807) is 6.20 Å². The smallest absolute Gasteiger partial charge is 0.258 e. The molecule has 144 valence electrons. The van der Waals surface area contributed by atoms with Gasteiger partial charge in [-0.3, -0.25) is 4.79 Å². The normalized spacial score (nSPS) is 19.5. The summed E-state index contributed by atoms with van der Waals surface area (Å²) in [5.74, 6) is 1.81. The van der Waals surface area contributed by atoms with E-state index in [-0.39, 0.29) is 24.7 Å². The number of aromatic nitrogens is 1. The molecule has 5 heteroatoms. The lowest BCUT2D eigenvalue weighted by Crippen LogP contribution is -2.41. The van der Waals surface area contributed by atoms with Gasteiger partial charge in [-0.25, -0.2) is 4.98 Å². The Bertz CT molecular complexity index is 708. The number of carbonyl (C=O) groups is 1. The highest BCUT2D eigenvalue weighted by Crippen LogP contribution is 2.23. The summed E-state index contributed by atoms with van der Waals surface area (Å²) in [5.41, 5.74) is 1.26. The maximum atomic E-state index is 12.2. The lowest BCUT2D eigenvalue weighted by molar-refractivity contribution is -0.124. The van der Waals surface area contributed by atoms with Crippen LogP contribution in [0.15, 0.2) is 48.7 Å². The molecule has 0 unspecified atom stereocenters. The van der Waals surface area contributed by atoms with Gasteiger partial charge in [0, 0.05) is 18.3 Å². The van der Waals surface area contributed by atoms with Crippen LogP contribution in [0.25, 0.3) is 0 Å². The molecule has 1 aliphatic rings. The molecular weight excluding hydrogens is 340 g/mol. The predicted octanol–water partition coefficient (Wildman–Crippen LogP) is 4.09. The third-order valence-corrected chi connectivity index (χ3v) is 4.88. The topological polar surface area (TPSA) is 60.5 Å². The highest BCUT2D eigenvalue weighted by Gasteiger charge is 2.24. The Hall–Kier alpha value is -2.56. The number of amides is 1. The van der Waals surface area contributed by atoms with Gasteiger partial charge in [-0.2, -0.15) is 0 Å². The molecule has 1 amide bonds. The number of pyridine rings is 1. The summed E-state index contributed by atoms with van der Waals surface area (Å²) in [6.45, 7) is 4.35. The predicted molar refractivity (Wildman–Crippen MR) is 105 cm³/mol. The van der Waals surface area contributed by atoms with Crippen molar-refractivity contribution in [2.75, 3.05) is 6.61 Å². The van der Waals surface area contributed by atoms with Crippen molar-refractivity contribution in [1.29, 1.82) is 0 Å². The zero-order valence-electron chi connectivity index (χ0n) is 16.1. The van der Waals surface area contributed by atoms with Gasteiger partial charge >= 0.3 is 0 Å². The van der Waals surface area contributed by atoms with Crippen LogP contribution in [-0.4, -0.2) is 29.6 Å². The number of carbonyl (C=O) groups excluding carboxylic acids is 1. The number of hydrogen-bond acceptors (Lipinski definition) is 4. The van der Waals surface area contributed by atoms with Crippen LogP contribution >= 0.6 is 0 Å². The van der Waals surface area contributed by atoms with Gasteiger partial charge in [-0.1, -0.05) is 32.0 Å². The molecule has 1 fully saturated rings. The average molecular weight is 368 g/mol. The Kier molecular flexibility index (Phi) is 6.69. The molecular formula is C22H28N2O3. The molecule has 0 bridgehead atoms. The molecule has 1 aliphatic carbocycles. The van der Waals surface area contributed by atoms with Gasteiger partial charge in [0.15, 0.2) is 6.61 Å². The van der Waals surface area contributed by atoms with Crippen molar-refractivity contribution in [3.05, 3.63) is 54.2 Å². The molecule has 0 aliphatic heterocycles. The molecule has 2 aromatic rings. The van der Waals surface area contributed by atoms with Gasteiger partial charge in [0.05, 0.1) is 0 Å². The number of hydrogen-bond donors (Lipinski definition) is 1. The Morgan fingerprint density at radius 2 is 1.85 bits per heavy atom. The molecule has 1 aromatic carbocycles. The first kappa shape index (κ1) is 19.2. The van der Waals surface area contributed by atoms with Gasteiger partial charge in [0.1, 0.15) is 11.9 Å². The lowest BCUT2D eigenvalue weighted by Gasteiger charge is -2.29. The van der Waals surface area contributed by atoms with Crippen LogP contribution in [0.4, 0.5) is 0 Å². The molecule has 27 heavy (non-hydrogen) atoms. The van der Waals surface area contributed by atoms with Gasteiger partial charge in [-0.15, -0.1) is 0 Å². The fourth-order valence-electron chi connectivity index (χ4n) is 3.28. The van der Waals surface area contributed by atoms with Crippen molar-refractivity contribution in [2.45, 2.75) is 57.6 Å². The first-order valence-electron chi connectivity index (χ1n) is 9.70. The van der Waals surface area contributed by atoms with Crippen molar-refractivity contribution >= 4 is 5.91 Å². The summed E-state index contributed by atoms with van der Waals surface area (Å²) in [7, 11) is 0. The maximum absolute atomic E-state index is 12.2. The molecule has 5 nitrogen and oxygen atoms in total. The van der Waals surface area contributed by atoms with Crippen LogP contribution in [0, 0.1) is 0 Å². The fourth-order valence-corrected chi connectivity index (χ4v) is 3.28. The zero-order valence-corrected chi connectivity index (χ0v) is 16.1. The van der Waals surface area contributed by atoms with E-state index in [2.05, 4.69) is 24.1 Å². The second-order valence-corrected chi connectivity index (χ2v) is 7.34. The summed E-state index contributed by atoms with van der Waals surface area (Å²) in [6.07, 6.45) is 5.55. The Morgan fingerprint density at radius 3 is 2.48 bits per heavy atom. The van der Waals surface area contributed by atoms with E-state index < -0.39 is 0 Å². The first-order valence-corrected chi connectivity index (χ1v) is 9.70. The van der Waals surface area contributed by atoms with E-state index in [0.717, 1.165) is 31.4 Å². The zero-order chi connectivity index (χ0) is 19.1. The maximum Gasteiger partial charge on any atom is 0.258 e. The minimum atomic E-state index is -0.0722. The van der Waals surface area contributed by atoms with E-state index in [0.29, 0.717) is 11.8 Å². The average Bonchev–Trinajstić information content (AvgIpc) is 2.69. The Balaban J connectivity index is 1.36. The fraction of sp³-hybridized carbons (Fsp3) is 0.455. The van der Waals surface area contributed by atoms with Crippen LogP contribution < -0.4 is 14.8 Å². The minimum Gasteiger partial charge on any atom is -0.484 e. The molecule has 0 spiro atoms. The van der Waals surface area contributed by atoms with Crippen molar-refractivity contribution in [2.24, 2.45) is 0 Å². The number of benzene rings is 1. The van der Waals surface area contributed by atoms with Crippen molar-refractivity contribution in [1.82, 2.24) is 10.3 Å². The van der Waals surface area contributed by atoms with Crippen molar-refractivity contribution in [3.8, 4) is 11.6 Å². The molecule has 0 atom stereocenters. The van der Waals surface area contributed by atoms with Crippen LogP contribution in [0.2, 0.25) is 0 Å². The third kappa shape index (κ3) is 5.98. The second-order valence-electron chi connectivity index (χ2n) is 7.34. The SMILES string of the molecule is CC(C)c1ccc(OCC(=O)NC2CCC(Oc3ccccn3)CC2)cc1. The molecule has 0 saturated heterocycles. The summed E-state index contributed by atoms with van der Waals surface area (Å²) >= 11 is 0. The van der Waals surface area contributed by atoms with Crippen LogP contribution in [-0.2, 0) is 4.79 Å². The van der Waals surface area contributed by atoms with Gasteiger partial charge in [0.2, 0.25) is 5.88 Å². The highest BCUT2D eigenvalue weighted by atomic mass is 16.5. The van der Waals surface area contributed by atoms with Crippen molar-refractivity contribution < 1.29 is 14.3 Å². The largest absolute Gasteiger partial charge is 0.484 e. The molecule has 1 N–H and O–H groups in total. The monoisotopic (exact) mass is 368 g/mol. The number of nitrogens with one attached hydrogen (secondary N) is 1. The van der Waals surface area contributed by atoms with Crippen LogP contribution in [0.1, 0.15) is 51.0 Å². The van der Waals surface area contributed by atoms with Crippen LogP contribution in [0.5, 0.6) is 11.6 Å². The Labute approximate surface area is 161 Å². The molecule has 3 rings (SSSR count). The quantitative estimate of drug-likeness (QED) is 0.800. The molecule has 1 heterocycles. The standard InChI is InChI=1S/C22H28N2O3/c1-16(2)17-6-10-19(11-7-17)26-15-21(25)24-18-8-12-20(13-9-18)27-22-5-3-4-14-23-22/h3-7,10-11,14,16,18,20H,8-9,12-13,15H2,1-2H3,(H,24,25). The molecule has 0 radical (unpaired) electrons. The number of nitrogens with zero attached hydrogens (tertiary/aromatic N) is 1. The lowest BCUT2D eigenvalue weighted by atomic mass is 9.93. The van der Waals surface area contributed by atoms with E-state index in [1.807, 2.05) is 42.5 Å². The van der Waals surface area contributed by atoms with E-state index in [4.69, 9.17) is 9.47 Å². The number of ether oxygens (including phenoxy) is 2. The van der Waals surface area contributed by atoms with Gasteiger partial charge in [-0.05, 0) is 55.4 Å². The summed E-state index contributed by atoms with van der Waals surface area (Å²) in [6, 6.07) is 13.8.